The van der Waals surface area contributed by atoms with E-state index in [1.54, 1.807) is 0 Å². The second-order valence-corrected chi connectivity index (χ2v) is 5.04. The molecule has 1 fully saturated rings. The highest BCUT2D eigenvalue weighted by Crippen LogP contribution is 2.20. The number of aromatic nitrogens is 2. The molecule has 4 heteroatoms. The van der Waals surface area contributed by atoms with Gasteiger partial charge in [-0.1, -0.05) is 0 Å². The Labute approximate surface area is 102 Å². The van der Waals surface area contributed by atoms with Gasteiger partial charge in [-0.2, -0.15) is 5.10 Å². The average molecular weight is 236 g/mol. The van der Waals surface area contributed by atoms with Crippen LogP contribution in [0.5, 0.6) is 0 Å². The van der Waals surface area contributed by atoms with E-state index in [4.69, 9.17) is 4.74 Å². The summed E-state index contributed by atoms with van der Waals surface area (Å²) in [6.07, 6.45) is 4.15. The monoisotopic (exact) mass is 236 g/mol. The van der Waals surface area contributed by atoms with Crippen LogP contribution in [0.4, 0.5) is 0 Å². The maximum atomic E-state index is 12.0. The predicted molar refractivity (Wildman–Crippen MR) is 64.9 cm³/mol. The van der Waals surface area contributed by atoms with Crippen molar-refractivity contribution in [3.8, 4) is 0 Å². The second-order valence-electron chi connectivity index (χ2n) is 5.04. The second kappa shape index (κ2) is 5.00. The summed E-state index contributed by atoms with van der Waals surface area (Å²) >= 11 is 0. The third-order valence-corrected chi connectivity index (χ3v) is 3.14. The maximum Gasteiger partial charge on any atom is 0.167 e. The van der Waals surface area contributed by atoms with Crippen molar-refractivity contribution in [3.05, 3.63) is 18.0 Å². The fourth-order valence-electron chi connectivity index (χ4n) is 2.09. The summed E-state index contributed by atoms with van der Waals surface area (Å²) in [4.78, 5) is 12.0. The van der Waals surface area contributed by atoms with Crippen LogP contribution >= 0.6 is 0 Å². The molecule has 17 heavy (non-hydrogen) atoms. The fraction of sp³-hybridized carbons (Fsp3) is 0.692. The summed E-state index contributed by atoms with van der Waals surface area (Å²) in [5.41, 5.74) is 0.840. The first-order chi connectivity index (χ1) is 8.06. The van der Waals surface area contributed by atoms with E-state index >= 15 is 0 Å². The smallest absolute Gasteiger partial charge is 0.167 e. The van der Waals surface area contributed by atoms with Crippen LogP contribution in [-0.2, 0) is 16.0 Å². The van der Waals surface area contributed by atoms with Gasteiger partial charge in [0.15, 0.2) is 5.78 Å². The first-order valence-corrected chi connectivity index (χ1v) is 6.28. The molecule has 1 saturated heterocycles. The molecule has 94 valence electrons. The molecular formula is C13H20N2O2. The van der Waals surface area contributed by atoms with Gasteiger partial charge in [0.25, 0.3) is 0 Å². The summed E-state index contributed by atoms with van der Waals surface area (Å²) in [5, 5.41) is 4.38. The van der Waals surface area contributed by atoms with Crippen molar-refractivity contribution in [3.63, 3.8) is 0 Å². The summed E-state index contributed by atoms with van der Waals surface area (Å²) in [6, 6.07) is 2.25. The Balaban J connectivity index is 1.93. The fourth-order valence-corrected chi connectivity index (χ4v) is 2.09. The molecule has 0 radical (unpaired) electrons. The van der Waals surface area contributed by atoms with E-state index in [1.165, 1.54) is 0 Å². The Morgan fingerprint density at radius 2 is 2.35 bits per heavy atom. The first-order valence-electron chi connectivity index (χ1n) is 6.28. The minimum atomic E-state index is -0.214. The van der Waals surface area contributed by atoms with Crippen molar-refractivity contribution in [2.75, 3.05) is 0 Å². The summed E-state index contributed by atoms with van der Waals surface area (Å²) in [7, 11) is 0. The third-order valence-electron chi connectivity index (χ3n) is 3.14. The number of ketones is 1. The van der Waals surface area contributed by atoms with Gasteiger partial charge in [0.2, 0.25) is 0 Å². The van der Waals surface area contributed by atoms with Crippen LogP contribution in [0.3, 0.4) is 0 Å². The van der Waals surface area contributed by atoms with Crippen molar-refractivity contribution >= 4 is 5.78 Å². The average Bonchev–Trinajstić information content (AvgIpc) is 2.86. The Bertz CT molecular complexity index is 398. The van der Waals surface area contributed by atoms with E-state index in [0.717, 1.165) is 18.5 Å². The standard InChI is InChI=1S/C13H20N2O2/c1-9(2)15-7-6-11(14-15)8-12(16)13-5-4-10(3)17-13/h6-7,9-10,13H,4-5,8H2,1-3H3. The van der Waals surface area contributed by atoms with E-state index in [-0.39, 0.29) is 18.0 Å². The van der Waals surface area contributed by atoms with E-state index < -0.39 is 0 Å². The van der Waals surface area contributed by atoms with Gasteiger partial charge in [-0.15, -0.1) is 0 Å². The highest BCUT2D eigenvalue weighted by Gasteiger charge is 2.28. The number of carbonyl (C=O) groups is 1. The molecule has 0 spiro atoms. The molecule has 4 nitrogen and oxygen atoms in total. The number of carbonyl (C=O) groups excluding carboxylic acids is 1. The lowest BCUT2D eigenvalue weighted by Gasteiger charge is -2.08. The molecule has 0 aliphatic carbocycles. The van der Waals surface area contributed by atoms with Gasteiger partial charge < -0.3 is 4.74 Å². The number of ether oxygens (including phenoxy) is 1. The number of rotatable bonds is 4. The normalized spacial score (nSPS) is 24.5. The quantitative estimate of drug-likeness (QED) is 0.804. The third kappa shape index (κ3) is 2.94. The van der Waals surface area contributed by atoms with Gasteiger partial charge in [0, 0.05) is 12.2 Å². The van der Waals surface area contributed by atoms with Gasteiger partial charge in [-0.05, 0) is 39.7 Å². The molecule has 2 heterocycles. The van der Waals surface area contributed by atoms with Gasteiger partial charge in [-0.25, -0.2) is 0 Å². The molecule has 0 N–H and O–H groups in total. The molecule has 1 aliphatic rings. The molecule has 1 aliphatic heterocycles. The zero-order valence-corrected chi connectivity index (χ0v) is 10.7. The molecule has 2 atom stereocenters. The highest BCUT2D eigenvalue weighted by atomic mass is 16.5. The minimum absolute atomic E-state index is 0.156. The van der Waals surface area contributed by atoms with Gasteiger partial charge in [0.05, 0.1) is 18.2 Å². The van der Waals surface area contributed by atoms with Crippen LogP contribution in [0.25, 0.3) is 0 Å². The maximum absolute atomic E-state index is 12.0. The van der Waals surface area contributed by atoms with Gasteiger partial charge in [-0.3, -0.25) is 9.48 Å². The molecule has 0 amide bonds. The van der Waals surface area contributed by atoms with E-state index in [1.807, 2.05) is 23.9 Å². The Morgan fingerprint density at radius 3 is 2.88 bits per heavy atom. The molecule has 2 unspecified atom stereocenters. The van der Waals surface area contributed by atoms with Crippen LogP contribution in [0.2, 0.25) is 0 Å². The molecule has 1 aromatic heterocycles. The van der Waals surface area contributed by atoms with Crippen molar-refractivity contribution in [2.45, 2.75) is 58.3 Å². The van der Waals surface area contributed by atoms with E-state index in [0.29, 0.717) is 12.5 Å². The zero-order valence-electron chi connectivity index (χ0n) is 10.7. The highest BCUT2D eigenvalue weighted by molar-refractivity contribution is 5.85. The number of Topliss-reactive ketones (excluding diaryl/α,β-unsaturated/α-hetero) is 1. The van der Waals surface area contributed by atoms with Gasteiger partial charge in [0.1, 0.15) is 6.10 Å². The van der Waals surface area contributed by atoms with Crippen LogP contribution in [0.1, 0.15) is 45.3 Å². The molecule has 0 aromatic carbocycles. The van der Waals surface area contributed by atoms with Crippen LogP contribution in [0.15, 0.2) is 12.3 Å². The Kier molecular flexibility index (Phi) is 3.62. The lowest BCUT2D eigenvalue weighted by atomic mass is 10.1. The number of hydrogen-bond acceptors (Lipinski definition) is 3. The van der Waals surface area contributed by atoms with E-state index in [9.17, 15) is 4.79 Å². The summed E-state index contributed by atoms with van der Waals surface area (Å²) < 4.78 is 7.44. The largest absolute Gasteiger partial charge is 0.367 e. The van der Waals surface area contributed by atoms with Crippen molar-refractivity contribution < 1.29 is 9.53 Å². The molecular weight excluding hydrogens is 216 g/mol. The molecule has 2 rings (SSSR count). The molecule has 1 aromatic rings. The predicted octanol–water partition coefficient (Wildman–Crippen LogP) is 2.14. The lowest BCUT2D eigenvalue weighted by molar-refractivity contribution is -0.128. The van der Waals surface area contributed by atoms with Gasteiger partial charge >= 0.3 is 0 Å². The van der Waals surface area contributed by atoms with E-state index in [2.05, 4.69) is 18.9 Å². The number of hydrogen-bond donors (Lipinski definition) is 0. The first kappa shape index (κ1) is 12.3. The lowest BCUT2D eigenvalue weighted by Crippen LogP contribution is -2.22. The molecule has 0 saturated carbocycles. The topological polar surface area (TPSA) is 44.1 Å². The van der Waals surface area contributed by atoms with Crippen molar-refractivity contribution in [1.29, 1.82) is 0 Å². The minimum Gasteiger partial charge on any atom is -0.367 e. The Hall–Kier alpha value is -1.16. The summed E-state index contributed by atoms with van der Waals surface area (Å²) in [6.45, 7) is 6.15. The number of nitrogens with zero attached hydrogens (tertiary/aromatic N) is 2. The zero-order chi connectivity index (χ0) is 12.4. The SMILES string of the molecule is CC1CCC(C(=O)Cc2ccn(C(C)C)n2)O1. The van der Waals surface area contributed by atoms with Crippen LogP contribution < -0.4 is 0 Å². The molecule has 0 bridgehead atoms. The van der Waals surface area contributed by atoms with Crippen molar-refractivity contribution in [2.24, 2.45) is 0 Å². The van der Waals surface area contributed by atoms with Crippen LogP contribution in [-0.4, -0.2) is 27.8 Å². The summed E-state index contributed by atoms with van der Waals surface area (Å²) in [5.74, 6) is 0.156. The van der Waals surface area contributed by atoms with Crippen molar-refractivity contribution in [1.82, 2.24) is 9.78 Å². The Morgan fingerprint density at radius 1 is 1.59 bits per heavy atom. The van der Waals surface area contributed by atoms with Crippen LogP contribution in [0, 0.1) is 0 Å².